The Morgan fingerprint density at radius 2 is 1.60 bits per heavy atom. The van der Waals surface area contributed by atoms with Gasteiger partial charge in [0.15, 0.2) is 0 Å². The second-order valence-electron chi connectivity index (χ2n) is 9.76. The number of hydrogen-bond acceptors (Lipinski definition) is 4. The second-order valence-corrected chi connectivity index (χ2v) is 12.5. The SMILES string of the molecule is CCCNC(=O)[C@@H](Cc1ccccc1)N(Cc1ccc(Cl)cc1Cl)C(=O)CN(c1c(C)cccc1C)S(C)(=O)=O. The Morgan fingerprint density at radius 1 is 0.950 bits per heavy atom. The summed E-state index contributed by atoms with van der Waals surface area (Å²) in [5.41, 5.74) is 3.31. The van der Waals surface area contributed by atoms with Crippen molar-refractivity contribution < 1.29 is 18.0 Å². The molecule has 0 aliphatic carbocycles. The molecule has 0 radical (unpaired) electrons. The Labute approximate surface area is 247 Å². The lowest BCUT2D eigenvalue weighted by molar-refractivity contribution is -0.140. The maximum absolute atomic E-state index is 14.2. The molecule has 7 nitrogen and oxygen atoms in total. The van der Waals surface area contributed by atoms with E-state index in [1.54, 1.807) is 44.2 Å². The number of sulfonamides is 1. The van der Waals surface area contributed by atoms with E-state index in [0.717, 1.165) is 22.5 Å². The van der Waals surface area contributed by atoms with Gasteiger partial charge < -0.3 is 10.2 Å². The lowest BCUT2D eigenvalue weighted by atomic mass is 10.0. The van der Waals surface area contributed by atoms with Gasteiger partial charge in [0.1, 0.15) is 12.6 Å². The van der Waals surface area contributed by atoms with Crippen LogP contribution in [-0.4, -0.2) is 50.5 Å². The topological polar surface area (TPSA) is 86.8 Å². The van der Waals surface area contributed by atoms with Crippen molar-refractivity contribution in [1.82, 2.24) is 10.2 Å². The second kappa shape index (κ2) is 14.0. The standard InChI is InChI=1S/C30H35Cl2N3O4S/c1-5-16-33-30(37)27(17-23-12-7-6-8-13-23)34(19-24-14-15-25(31)18-26(24)32)28(36)20-35(40(4,38)39)29-21(2)10-9-11-22(29)3/h6-15,18,27H,5,16-17,19-20H2,1-4H3,(H,33,37)/t27-/m1/s1. The molecule has 0 aliphatic heterocycles. The molecule has 0 aromatic heterocycles. The van der Waals surface area contributed by atoms with E-state index in [1.807, 2.05) is 43.3 Å². The summed E-state index contributed by atoms with van der Waals surface area (Å²) in [4.78, 5) is 29.1. The van der Waals surface area contributed by atoms with Crippen molar-refractivity contribution in [1.29, 1.82) is 0 Å². The number of benzene rings is 3. The molecule has 2 amide bonds. The molecule has 40 heavy (non-hydrogen) atoms. The molecule has 1 N–H and O–H groups in total. The van der Waals surface area contributed by atoms with Crippen molar-refractivity contribution in [2.75, 3.05) is 23.7 Å². The largest absolute Gasteiger partial charge is 0.354 e. The van der Waals surface area contributed by atoms with Gasteiger partial charge in [0, 0.05) is 29.6 Å². The van der Waals surface area contributed by atoms with Gasteiger partial charge in [0.25, 0.3) is 0 Å². The quantitative estimate of drug-likeness (QED) is 0.294. The molecule has 3 aromatic carbocycles. The van der Waals surface area contributed by atoms with Crippen LogP contribution in [0.3, 0.4) is 0 Å². The van der Waals surface area contributed by atoms with Crippen molar-refractivity contribution >= 4 is 50.7 Å². The minimum absolute atomic E-state index is 0.0176. The maximum Gasteiger partial charge on any atom is 0.244 e. The van der Waals surface area contributed by atoms with E-state index in [1.165, 1.54) is 4.90 Å². The molecular weight excluding hydrogens is 569 g/mol. The van der Waals surface area contributed by atoms with Crippen LogP contribution in [0.5, 0.6) is 0 Å². The summed E-state index contributed by atoms with van der Waals surface area (Å²) < 4.78 is 27.2. The number of hydrogen-bond donors (Lipinski definition) is 1. The third kappa shape index (κ3) is 8.22. The number of nitrogens with one attached hydrogen (secondary N) is 1. The third-order valence-corrected chi connectivity index (χ3v) is 8.24. The molecule has 0 unspecified atom stereocenters. The Balaban J connectivity index is 2.11. The lowest BCUT2D eigenvalue weighted by Gasteiger charge is -2.34. The van der Waals surface area contributed by atoms with Gasteiger partial charge >= 0.3 is 0 Å². The van der Waals surface area contributed by atoms with E-state index < -0.39 is 28.5 Å². The summed E-state index contributed by atoms with van der Waals surface area (Å²) in [6.07, 6.45) is 2.02. The molecule has 0 heterocycles. The highest BCUT2D eigenvalue weighted by molar-refractivity contribution is 7.92. The van der Waals surface area contributed by atoms with Gasteiger partial charge in [0.2, 0.25) is 21.8 Å². The summed E-state index contributed by atoms with van der Waals surface area (Å²) in [6.45, 7) is 5.47. The van der Waals surface area contributed by atoms with E-state index in [4.69, 9.17) is 23.2 Å². The summed E-state index contributed by atoms with van der Waals surface area (Å²) in [5.74, 6) is -0.867. The zero-order valence-corrected chi connectivity index (χ0v) is 25.5. The van der Waals surface area contributed by atoms with E-state index in [9.17, 15) is 18.0 Å². The fourth-order valence-corrected chi connectivity index (χ4v) is 5.96. The van der Waals surface area contributed by atoms with Crippen LogP contribution in [0.1, 0.15) is 35.6 Å². The highest BCUT2D eigenvalue weighted by Gasteiger charge is 2.34. The lowest BCUT2D eigenvalue weighted by Crippen LogP contribution is -2.53. The maximum atomic E-state index is 14.2. The zero-order valence-electron chi connectivity index (χ0n) is 23.2. The number of carbonyl (C=O) groups is 2. The molecule has 0 fully saturated rings. The number of rotatable bonds is 12. The Morgan fingerprint density at radius 3 is 2.17 bits per heavy atom. The van der Waals surface area contributed by atoms with Gasteiger partial charge in [-0.3, -0.25) is 13.9 Å². The average molecular weight is 605 g/mol. The number of aryl methyl sites for hydroxylation is 2. The van der Waals surface area contributed by atoms with Crippen LogP contribution < -0.4 is 9.62 Å². The minimum Gasteiger partial charge on any atom is -0.354 e. The first-order chi connectivity index (χ1) is 18.9. The Kier molecular flexibility index (Phi) is 11.0. The molecule has 0 saturated heterocycles. The van der Waals surface area contributed by atoms with Crippen molar-refractivity contribution in [3.63, 3.8) is 0 Å². The molecule has 0 aliphatic rings. The van der Waals surface area contributed by atoms with Gasteiger partial charge in [-0.25, -0.2) is 8.42 Å². The Hall–Kier alpha value is -3.07. The van der Waals surface area contributed by atoms with Crippen LogP contribution in [0.25, 0.3) is 0 Å². The first-order valence-electron chi connectivity index (χ1n) is 13.0. The molecular formula is C30H35Cl2N3O4S. The molecule has 0 saturated carbocycles. The van der Waals surface area contributed by atoms with Gasteiger partial charge in [0.05, 0.1) is 11.9 Å². The number of halogens is 2. The highest BCUT2D eigenvalue weighted by Crippen LogP contribution is 2.28. The first-order valence-corrected chi connectivity index (χ1v) is 15.6. The first kappa shape index (κ1) is 31.5. The van der Waals surface area contributed by atoms with Crippen molar-refractivity contribution in [3.8, 4) is 0 Å². The fourth-order valence-electron chi connectivity index (χ4n) is 4.53. The molecule has 3 rings (SSSR count). The normalized spacial score (nSPS) is 12.1. The Bertz CT molecular complexity index is 1430. The van der Waals surface area contributed by atoms with Gasteiger partial charge in [-0.1, -0.05) is 84.7 Å². The summed E-state index contributed by atoms with van der Waals surface area (Å²) >= 11 is 12.6. The predicted molar refractivity (Wildman–Crippen MR) is 162 cm³/mol. The zero-order chi connectivity index (χ0) is 29.4. The number of nitrogens with zero attached hydrogens (tertiary/aromatic N) is 2. The van der Waals surface area contributed by atoms with E-state index in [-0.39, 0.29) is 18.9 Å². The molecule has 214 valence electrons. The summed E-state index contributed by atoms with van der Waals surface area (Å²) in [5, 5.41) is 3.69. The van der Waals surface area contributed by atoms with Crippen molar-refractivity contribution in [2.24, 2.45) is 0 Å². The molecule has 0 spiro atoms. The summed E-state index contributed by atoms with van der Waals surface area (Å²) in [7, 11) is -3.86. The number of anilines is 1. The number of para-hydroxylation sites is 1. The van der Waals surface area contributed by atoms with E-state index >= 15 is 0 Å². The molecule has 3 aromatic rings. The van der Waals surface area contributed by atoms with Gasteiger partial charge in [-0.2, -0.15) is 0 Å². The van der Waals surface area contributed by atoms with E-state index in [0.29, 0.717) is 39.0 Å². The van der Waals surface area contributed by atoms with Crippen molar-refractivity contribution in [2.45, 2.75) is 46.2 Å². The monoisotopic (exact) mass is 603 g/mol. The van der Waals surface area contributed by atoms with Gasteiger partial charge in [-0.05, 0) is 54.7 Å². The molecule has 1 atom stereocenters. The van der Waals surface area contributed by atoms with Crippen LogP contribution in [0, 0.1) is 13.8 Å². The van der Waals surface area contributed by atoms with Crippen LogP contribution >= 0.6 is 23.2 Å². The number of amides is 2. The average Bonchev–Trinajstić information content (AvgIpc) is 2.89. The number of carbonyl (C=O) groups excluding carboxylic acids is 2. The van der Waals surface area contributed by atoms with Crippen LogP contribution in [0.15, 0.2) is 66.7 Å². The van der Waals surface area contributed by atoms with E-state index in [2.05, 4.69) is 5.32 Å². The molecule has 0 bridgehead atoms. The molecule has 10 heteroatoms. The van der Waals surface area contributed by atoms with Crippen LogP contribution in [-0.2, 0) is 32.6 Å². The predicted octanol–water partition coefficient (Wildman–Crippen LogP) is 5.54. The third-order valence-electron chi connectivity index (χ3n) is 6.54. The minimum atomic E-state index is -3.86. The fraction of sp³-hybridized carbons (Fsp3) is 0.333. The van der Waals surface area contributed by atoms with Crippen LogP contribution in [0.2, 0.25) is 10.0 Å². The summed E-state index contributed by atoms with van der Waals surface area (Å²) in [6, 6.07) is 18.8. The highest BCUT2D eigenvalue weighted by atomic mass is 35.5. The van der Waals surface area contributed by atoms with Crippen LogP contribution in [0.4, 0.5) is 5.69 Å². The smallest absolute Gasteiger partial charge is 0.244 e. The van der Waals surface area contributed by atoms with Crippen molar-refractivity contribution in [3.05, 3.63) is 99.0 Å². The van der Waals surface area contributed by atoms with Gasteiger partial charge in [-0.15, -0.1) is 0 Å².